The summed E-state index contributed by atoms with van der Waals surface area (Å²) in [6.07, 6.45) is 2.36. The fourth-order valence-corrected chi connectivity index (χ4v) is 2.15. The van der Waals surface area contributed by atoms with Crippen LogP contribution >= 0.6 is 0 Å². The van der Waals surface area contributed by atoms with Crippen molar-refractivity contribution in [3.05, 3.63) is 11.7 Å². The Labute approximate surface area is 107 Å². The average Bonchev–Trinajstić information content (AvgIpc) is 2.89. The minimum Gasteiger partial charge on any atom is -0.381 e. The molecule has 0 radical (unpaired) electrons. The Morgan fingerprint density at radius 3 is 2.83 bits per heavy atom. The maximum atomic E-state index is 5.89. The van der Waals surface area contributed by atoms with Gasteiger partial charge in [0.15, 0.2) is 5.82 Å². The fraction of sp³-hybridized carbons (Fsp3) is 0.833. The first-order valence-electron chi connectivity index (χ1n) is 6.49. The van der Waals surface area contributed by atoms with Crippen molar-refractivity contribution < 1.29 is 14.0 Å². The van der Waals surface area contributed by atoms with Crippen molar-refractivity contribution in [3.63, 3.8) is 0 Å². The topological polar surface area (TPSA) is 83.4 Å². The van der Waals surface area contributed by atoms with Crippen molar-refractivity contribution in [1.29, 1.82) is 0 Å². The highest BCUT2D eigenvalue weighted by atomic mass is 16.5. The van der Waals surface area contributed by atoms with E-state index in [1.165, 1.54) is 0 Å². The third kappa shape index (κ3) is 2.88. The lowest BCUT2D eigenvalue weighted by molar-refractivity contribution is 0.0409. The molecular weight excluding hydrogens is 234 g/mol. The summed E-state index contributed by atoms with van der Waals surface area (Å²) in [6, 6.07) is 0. The van der Waals surface area contributed by atoms with E-state index >= 15 is 0 Å². The highest BCUT2D eigenvalue weighted by Gasteiger charge is 2.38. The molecule has 0 spiro atoms. The molecule has 102 valence electrons. The van der Waals surface area contributed by atoms with Crippen LogP contribution < -0.4 is 5.73 Å². The fourth-order valence-electron chi connectivity index (χ4n) is 2.15. The zero-order valence-electron chi connectivity index (χ0n) is 10.9. The van der Waals surface area contributed by atoms with E-state index in [1.54, 1.807) is 0 Å². The molecular formula is C12H21N3O3. The summed E-state index contributed by atoms with van der Waals surface area (Å²) in [7, 11) is 0. The van der Waals surface area contributed by atoms with Crippen molar-refractivity contribution >= 4 is 0 Å². The van der Waals surface area contributed by atoms with E-state index in [9.17, 15) is 0 Å². The van der Waals surface area contributed by atoms with Gasteiger partial charge in [0, 0.05) is 32.8 Å². The van der Waals surface area contributed by atoms with Crippen LogP contribution in [0.1, 0.15) is 31.5 Å². The average molecular weight is 255 g/mol. The summed E-state index contributed by atoms with van der Waals surface area (Å²) in [5, 5.41) is 3.99. The minimum absolute atomic E-state index is 0.199. The molecule has 1 aliphatic heterocycles. The maximum Gasteiger partial charge on any atom is 0.234 e. The molecule has 0 atom stereocenters. The number of hydrogen-bond acceptors (Lipinski definition) is 6. The van der Waals surface area contributed by atoms with Crippen LogP contribution in [0.25, 0.3) is 0 Å². The van der Waals surface area contributed by atoms with Crippen molar-refractivity contribution in [2.75, 3.05) is 33.0 Å². The van der Waals surface area contributed by atoms with Gasteiger partial charge in [-0.3, -0.25) is 0 Å². The number of aromatic nitrogens is 2. The molecule has 1 fully saturated rings. The Kier molecular flexibility index (Phi) is 4.68. The normalized spacial score (nSPS) is 19.0. The molecule has 6 nitrogen and oxygen atoms in total. The van der Waals surface area contributed by atoms with E-state index < -0.39 is 0 Å². The van der Waals surface area contributed by atoms with Gasteiger partial charge in [0.1, 0.15) is 0 Å². The van der Waals surface area contributed by atoms with E-state index in [0.717, 1.165) is 12.8 Å². The number of nitrogens with two attached hydrogens (primary N) is 1. The second kappa shape index (κ2) is 6.26. The van der Waals surface area contributed by atoms with Crippen LogP contribution in [0.4, 0.5) is 0 Å². The molecule has 18 heavy (non-hydrogen) atoms. The van der Waals surface area contributed by atoms with Crippen LogP contribution in [0.15, 0.2) is 4.52 Å². The number of ether oxygens (including phenoxy) is 2. The van der Waals surface area contributed by atoms with Crippen LogP contribution in [0, 0.1) is 0 Å². The molecule has 1 saturated heterocycles. The molecule has 1 aliphatic rings. The summed E-state index contributed by atoms with van der Waals surface area (Å²) >= 11 is 0. The third-order valence-corrected chi connectivity index (χ3v) is 3.44. The van der Waals surface area contributed by atoms with Crippen LogP contribution in [-0.4, -0.2) is 43.1 Å². The molecule has 0 bridgehead atoms. The smallest absolute Gasteiger partial charge is 0.234 e. The monoisotopic (exact) mass is 255 g/mol. The summed E-state index contributed by atoms with van der Waals surface area (Å²) in [5.41, 5.74) is 5.69. The molecule has 0 aliphatic carbocycles. The first kappa shape index (κ1) is 13.5. The van der Waals surface area contributed by atoms with E-state index in [1.807, 2.05) is 6.92 Å². The summed E-state index contributed by atoms with van der Waals surface area (Å²) in [4.78, 5) is 4.46. The number of nitrogens with zero attached hydrogens (tertiary/aromatic N) is 2. The van der Waals surface area contributed by atoms with Crippen LogP contribution in [0.5, 0.6) is 0 Å². The van der Waals surface area contributed by atoms with E-state index in [2.05, 4.69) is 10.1 Å². The number of rotatable bonds is 6. The van der Waals surface area contributed by atoms with E-state index in [4.69, 9.17) is 19.7 Å². The standard InChI is InChI=1S/C12H21N3O3/c1-2-16-6-3-10-14-11(18-15-10)12(9-13)4-7-17-8-5-12/h2-9,13H2,1H3. The van der Waals surface area contributed by atoms with Crippen molar-refractivity contribution in [2.24, 2.45) is 5.73 Å². The molecule has 0 saturated carbocycles. The van der Waals surface area contributed by atoms with Gasteiger partial charge < -0.3 is 19.7 Å². The Hall–Kier alpha value is -0.980. The largest absolute Gasteiger partial charge is 0.381 e. The molecule has 2 heterocycles. The second-order valence-corrected chi connectivity index (χ2v) is 4.56. The molecule has 0 amide bonds. The molecule has 0 aromatic carbocycles. The SMILES string of the molecule is CCOCCc1noc(C2(CN)CCOCC2)n1. The van der Waals surface area contributed by atoms with Crippen molar-refractivity contribution in [2.45, 2.75) is 31.6 Å². The summed E-state index contributed by atoms with van der Waals surface area (Å²) in [5.74, 6) is 1.34. The van der Waals surface area contributed by atoms with Gasteiger partial charge >= 0.3 is 0 Å². The predicted molar refractivity (Wildman–Crippen MR) is 65.3 cm³/mol. The highest BCUT2D eigenvalue weighted by Crippen LogP contribution is 2.32. The minimum atomic E-state index is -0.199. The molecule has 1 aromatic heterocycles. The lowest BCUT2D eigenvalue weighted by Gasteiger charge is -2.32. The van der Waals surface area contributed by atoms with Crippen LogP contribution in [-0.2, 0) is 21.3 Å². The highest BCUT2D eigenvalue weighted by molar-refractivity contribution is 5.07. The summed E-state index contributed by atoms with van der Waals surface area (Å²) in [6.45, 7) is 5.21. The van der Waals surface area contributed by atoms with E-state index in [0.29, 0.717) is 51.1 Å². The summed E-state index contributed by atoms with van der Waals surface area (Å²) < 4.78 is 16.0. The van der Waals surface area contributed by atoms with Crippen LogP contribution in [0.2, 0.25) is 0 Å². The molecule has 2 N–H and O–H groups in total. The zero-order chi connectivity index (χ0) is 12.8. The van der Waals surface area contributed by atoms with Gasteiger partial charge in [-0.05, 0) is 19.8 Å². The molecule has 1 aromatic rings. The molecule has 6 heteroatoms. The first-order chi connectivity index (χ1) is 8.80. The van der Waals surface area contributed by atoms with Crippen LogP contribution in [0.3, 0.4) is 0 Å². The maximum absolute atomic E-state index is 5.89. The molecule has 2 rings (SSSR count). The third-order valence-electron chi connectivity index (χ3n) is 3.44. The number of hydrogen-bond donors (Lipinski definition) is 1. The van der Waals surface area contributed by atoms with Gasteiger partial charge in [-0.1, -0.05) is 5.16 Å². The Morgan fingerprint density at radius 2 is 2.17 bits per heavy atom. The van der Waals surface area contributed by atoms with Gasteiger partial charge in [-0.2, -0.15) is 4.98 Å². The zero-order valence-corrected chi connectivity index (χ0v) is 10.9. The van der Waals surface area contributed by atoms with Gasteiger partial charge in [0.25, 0.3) is 0 Å². The van der Waals surface area contributed by atoms with Gasteiger partial charge in [0.2, 0.25) is 5.89 Å². The second-order valence-electron chi connectivity index (χ2n) is 4.56. The van der Waals surface area contributed by atoms with Crippen molar-refractivity contribution in [1.82, 2.24) is 10.1 Å². The molecule has 0 unspecified atom stereocenters. The Morgan fingerprint density at radius 1 is 1.39 bits per heavy atom. The quantitative estimate of drug-likeness (QED) is 0.752. The first-order valence-corrected chi connectivity index (χ1v) is 6.49. The van der Waals surface area contributed by atoms with Crippen molar-refractivity contribution in [3.8, 4) is 0 Å². The van der Waals surface area contributed by atoms with Gasteiger partial charge in [-0.15, -0.1) is 0 Å². The predicted octanol–water partition coefficient (Wildman–Crippen LogP) is 0.655. The Bertz CT molecular complexity index is 361. The lowest BCUT2D eigenvalue weighted by Crippen LogP contribution is -2.40. The Balaban J connectivity index is 2.02. The van der Waals surface area contributed by atoms with E-state index in [-0.39, 0.29) is 5.41 Å². The van der Waals surface area contributed by atoms with Gasteiger partial charge in [0.05, 0.1) is 12.0 Å². The lowest BCUT2D eigenvalue weighted by atomic mass is 9.80. The van der Waals surface area contributed by atoms with Gasteiger partial charge in [-0.25, -0.2) is 0 Å².